The molecule has 2 aliphatic heterocycles. The number of hydrogen-bond donors (Lipinski definition) is 1. The van der Waals surface area contributed by atoms with Crippen LogP contribution in [0.2, 0.25) is 0 Å². The first-order chi connectivity index (χ1) is 12.2. The summed E-state index contributed by atoms with van der Waals surface area (Å²) in [5.74, 6) is 0.0370. The highest BCUT2D eigenvalue weighted by atomic mass is 16.2. The summed E-state index contributed by atoms with van der Waals surface area (Å²) in [4.78, 5) is 28.2. The van der Waals surface area contributed by atoms with Crippen molar-refractivity contribution < 1.29 is 9.59 Å². The zero-order valence-corrected chi connectivity index (χ0v) is 15.0. The van der Waals surface area contributed by atoms with Crippen molar-refractivity contribution in [2.75, 3.05) is 26.2 Å². The van der Waals surface area contributed by atoms with Crippen LogP contribution >= 0.6 is 0 Å². The van der Waals surface area contributed by atoms with Crippen molar-refractivity contribution in [1.29, 1.82) is 0 Å². The van der Waals surface area contributed by atoms with E-state index in [0.717, 1.165) is 32.5 Å². The minimum absolute atomic E-state index is 0.0666. The van der Waals surface area contributed by atoms with Crippen molar-refractivity contribution >= 4 is 11.8 Å². The van der Waals surface area contributed by atoms with Crippen molar-refractivity contribution in [2.24, 2.45) is 0 Å². The van der Waals surface area contributed by atoms with Gasteiger partial charge in [0.1, 0.15) is 0 Å². The Morgan fingerprint density at radius 3 is 2.44 bits per heavy atom. The molecule has 25 heavy (non-hydrogen) atoms. The SMILES string of the molecule is O=C(CN1CCCCC1=O)NCc1ccccc1CN1CCCCC1. The Labute approximate surface area is 150 Å². The third kappa shape index (κ3) is 5.30. The van der Waals surface area contributed by atoms with Crippen molar-refractivity contribution in [3.63, 3.8) is 0 Å². The minimum atomic E-state index is -0.0666. The summed E-state index contributed by atoms with van der Waals surface area (Å²) in [7, 11) is 0. The zero-order chi connectivity index (χ0) is 17.5. The Morgan fingerprint density at radius 2 is 1.68 bits per heavy atom. The maximum absolute atomic E-state index is 12.2. The van der Waals surface area contributed by atoms with Gasteiger partial charge in [0.2, 0.25) is 11.8 Å². The van der Waals surface area contributed by atoms with Crippen LogP contribution in [0.15, 0.2) is 24.3 Å². The van der Waals surface area contributed by atoms with E-state index < -0.39 is 0 Å². The van der Waals surface area contributed by atoms with Crippen LogP contribution in [0, 0.1) is 0 Å². The average molecular weight is 343 g/mol. The molecule has 0 unspecified atom stereocenters. The van der Waals surface area contributed by atoms with Crippen molar-refractivity contribution in [3.05, 3.63) is 35.4 Å². The second kappa shape index (κ2) is 8.99. The summed E-state index contributed by atoms with van der Waals surface area (Å²) < 4.78 is 0. The maximum Gasteiger partial charge on any atom is 0.239 e. The lowest BCUT2D eigenvalue weighted by molar-refractivity contribution is -0.137. The maximum atomic E-state index is 12.2. The number of nitrogens with zero attached hydrogens (tertiary/aromatic N) is 2. The number of carbonyl (C=O) groups is 2. The van der Waals surface area contributed by atoms with Gasteiger partial charge in [-0.1, -0.05) is 30.7 Å². The molecular formula is C20H29N3O2. The van der Waals surface area contributed by atoms with Crippen LogP contribution in [0.25, 0.3) is 0 Å². The summed E-state index contributed by atoms with van der Waals surface area (Å²) in [6, 6.07) is 8.34. The largest absolute Gasteiger partial charge is 0.350 e. The number of benzene rings is 1. The lowest BCUT2D eigenvalue weighted by Gasteiger charge is -2.27. The number of nitrogens with one attached hydrogen (secondary N) is 1. The fraction of sp³-hybridized carbons (Fsp3) is 0.600. The van der Waals surface area contributed by atoms with Gasteiger partial charge in [-0.2, -0.15) is 0 Å². The third-order valence-corrected chi connectivity index (χ3v) is 5.19. The second-order valence-corrected chi connectivity index (χ2v) is 7.15. The van der Waals surface area contributed by atoms with Gasteiger partial charge in [-0.15, -0.1) is 0 Å². The molecule has 0 atom stereocenters. The van der Waals surface area contributed by atoms with Gasteiger partial charge in [0, 0.05) is 26.1 Å². The van der Waals surface area contributed by atoms with E-state index in [1.807, 2.05) is 6.07 Å². The molecule has 1 N–H and O–H groups in total. The van der Waals surface area contributed by atoms with Gasteiger partial charge in [0.25, 0.3) is 0 Å². The summed E-state index contributed by atoms with van der Waals surface area (Å²) >= 11 is 0. The molecule has 0 aliphatic carbocycles. The average Bonchev–Trinajstić information content (AvgIpc) is 2.64. The van der Waals surface area contributed by atoms with Crippen molar-refractivity contribution in [2.45, 2.75) is 51.6 Å². The molecule has 1 aromatic carbocycles. The van der Waals surface area contributed by atoms with Gasteiger partial charge in [0.05, 0.1) is 6.54 Å². The van der Waals surface area contributed by atoms with Gasteiger partial charge in [-0.3, -0.25) is 14.5 Å². The Hall–Kier alpha value is -1.88. The lowest BCUT2D eigenvalue weighted by Crippen LogP contribution is -2.42. The summed E-state index contributed by atoms with van der Waals surface area (Å²) in [6.45, 7) is 4.71. The number of hydrogen-bond acceptors (Lipinski definition) is 3. The highest BCUT2D eigenvalue weighted by Crippen LogP contribution is 2.16. The number of carbonyl (C=O) groups excluding carboxylic acids is 2. The van der Waals surface area contributed by atoms with E-state index in [2.05, 4.69) is 28.4 Å². The molecule has 136 valence electrons. The van der Waals surface area contributed by atoms with Gasteiger partial charge in [-0.05, 0) is 49.9 Å². The molecule has 2 aliphatic rings. The second-order valence-electron chi connectivity index (χ2n) is 7.15. The van der Waals surface area contributed by atoms with Crippen LogP contribution in [0.3, 0.4) is 0 Å². The molecule has 0 bridgehead atoms. The summed E-state index contributed by atoms with van der Waals surface area (Å²) in [5.41, 5.74) is 2.46. The van der Waals surface area contributed by atoms with E-state index in [0.29, 0.717) is 19.5 Å². The highest BCUT2D eigenvalue weighted by Gasteiger charge is 2.20. The lowest BCUT2D eigenvalue weighted by atomic mass is 10.0. The summed E-state index contributed by atoms with van der Waals surface area (Å²) in [5, 5.41) is 2.99. The van der Waals surface area contributed by atoms with E-state index in [1.54, 1.807) is 4.90 Å². The first-order valence-corrected chi connectivity index (χ1v) is 9.56. The van der Waals surface area contributed by atoms with Crippen LogP contribution in [-0.2, 0) is 22.7 Å². The molecule has 1 aromatic rings. The van der Waals surface area contributed by atoms with Gasteiger partial charge in [0.15, 0.2) is 0 Å². The molecular weight excluding hydrogens is 314 g/mol. The van der Waals surface area contributed by atoms with E-state index in [1.165, 1.54) is 30.4 Å². The topological polar surface area (TPSA) is 52.7 Å². The fourth-order valence-corrected chi connectivity index (χ4v) is 3.69. The molecule has 2 amide bonds. The van der Waals surface area contributed by atoms with Gasteiger partial charge < -0.3 is 10.2 Å². The van der Waals surface area contributed by atoms with E-state index >= 15 is 0 Å². The number of amides is 2. The molecule has 2 heterocycles. The minimum Gasteiger partial charge on any atom is -0.350 e. The monoisotopic (exact) mass is 343 g/mol. The first-order valence-electron chi connectivity index (χ1n) is 9.56. The standard InChI is InChI=1S/C20H29N3O2/c24-19(16-23-13-7-4-10-20(23)25)21-14-17-8-2-3-9-18(17)15-22-11-5-1-6-12-22/h2-3,8-9H,1,4-7,10-16H2,(H,21,24). The molecule has 0 spiro atoms. The highest BCUT2D eigenvalue weighted by molar-refractivity contribution is 5.85. The molecule has 5 heteroatoms. The van der Waals surface area contributed by atoms with E-state index in [-0.39, 0.29) is 18.4 Å². The van der Waals surface area contributed by atoms with E-state index in [9.17, 15) is 9.59 Å². The van der Waals surface area contributed by atoms with E-state index in [4.69, 9.17) is 0 Å². The normalized spacial score (nSPS) is 19.0. The fourth-order valence-electron chi connectivity index (χ4n) is 3.69. The number of rotatable bonds is 6. The smallest absolute Gasteiger partial charge is 0.239 e. The van der Waals surface area contributed by atoms with Gasteiger partial charge >= 0.3 is 0 Å². The molecule has 2 saturated heterocycles. The molecule has 5 nitrogen and oxygen atoms in total. The third-order valence-electron chi connectivity index (χ3n) is 5.19. The molecule has 3 rings (SSSR count). The molecule has 0 radical (unpaired) electrons. The summed E-state index contributed by atoms with van der Waals surface area (Å²) in [6.07, 6.45) is 6.42. The Morgan fingerprint density at radius 1 is 0.960 bits per heavy atom. The Kier molecular flexibility index (Phi) is 6.45. The van der Waals surface area contributed by atoms with Crippen LogP contribution in [0.1, 0.15) is 49.7 Å². The molecule has 0 aromatic heterocycles. The number of piperidine rings is 2. The quantitative estimate of drug-likeness (QED) is 0.862. The Balaban J connectivity index is 1.52. The predicted molar refractivity (Wildman–Crippen MR) is 97.8 cm³/mol. The van der Waals surface area contributed by atoms with Crippen LogP contribution in [0.4, 0.5) is 0 Å². The Bertz CT molecular complexity index is 596. The molecule has 2 fully saturated rings. The zero-order valence-electron chi connectivity index (χ0n) is 15.0. The number of likely N-dealkylation sites (tertiary alicyclic amines) is 2. The molecule has 0 saturated carbocycles. The van der Waals surface area contributed by atoms with Crippen molar-refractivity contribution in [3.8, 4) is 0 Å². The first kappa shape index (κ1) is 17.9. The van der Waals surface area contributed by atoms with Gasteiger partial charge in [-0.25, -0.2) is 0 Å². The van der Waals surface area contributed by atoms with Crippen LogP contribution < -0.4 is 5.32 Å². The van der Waals surface area contributed by atoms with Crippen LogP contribution in [0.5, 0.6) is 0 Å². The van der Waals surface area contributed by atoms with Crippen LogP contribution in [-0.4, -0.2) is 47.8 Å². The predicted octanol–water partition coefficient (Wildman–Crippen LogP) is 2.30. The van der Waals surface area contributed by atoms with Crippen molar-refractivity contribution in [1.82, 2.24) is 15.1 Å².